The summed E-state index contributed by atoms with van der Waals surface area (Å²) < 4.78 is 13.1. The third kappa shape index (κ3) is 2.25. The van der Waals surface area contributed by atoms with Crippen molar-refractivity contribution < 1.29 is 14.3 Å². The predicted molar refractivity (Wildman–Crippen MR) is 63.5 cm³/mol. The van der Waals surface area contributed by atoms with Crippen LogP contribution in [0.3, 0.4) is 0 Å². The van der Waals surface area contributed by atoms with Crippen LogP contribution in [0.1, 0.15) is 19.4 Å². The van der Waals surface area contributed by atoms with Crippen molar-refractivity contribution in [3.63, 3.8) is 0 Å². The summed E-state index contributed by atoms with van der Waals surface area (Å²) in [6, 6.07) is 4.38. The summed E-state index contributed by atoms with van der Waals surface area (Å²) in [4.78, 5) is 11.2. The first-order valence-electron chi connectivity index (χ1n) is 5.77. The first kappa shape index (κ1) is 11.9. The van der Waals surface area contributed by atoms with E-state index in [2.05, 4.69) is 5.32 Å². The van der Waals surface area contributed by atoms with E-state index in [-0.39, 0.29) is 17.8 Å². The number of rotatable bonds is 3. The van der Waals surface area contributed by atoms with Gasteiger partial charge in [-0.2, -0.15) is 0 Å². The number of nitrogens with one attached hydrogen (secondary N) is 1. The van der Waals surface area contributed by atoms with Crippen molar-refractivity contribution in [2.75, 3.05) is 5.32 Å². The van der Waals surface area contributed by atoms with Gasteiger partial charge in [0.25, 0.3) is 0 Å². The van der Waals surface area contributed by atoms with Gasteiger partial charge in [-0.3, -0.25) is 4.79 Å². The summed E-state index contributed by atoms with van der Waals surface area (Å²) >= 11 is 0. The predicted octanol–water partition coefficient (Wildman–Crippen LogP) is 2.52. The molecule has 2 N–H and O–H groups in total. The topological polar surface area (TPSA) is 49.3 Å². The minimum absolute atomic E-state index is 0.0455. The molecular formula is C13H16FNO2. The molecule has 0 bridgehead atoms. The third-order valence-electron chi connectivity index (χ3n) is 3.28. The molecule has 1 heterocycles. The quantitative estimate of drug-likeness (QED) is 0.849. The zero-order chi connectivity index (χ0) is 12.6. The highest BCUT2D eigenvalue weighted by atomic mass is 19.1. The second-order valence-electron chi connectivity index (χ2n) is 4.86. The standard InChI is InChI=1S/C13H16FNO2/c1-7(2)12(13(16)17)11-6-8-5-9(14)3-4-10(8)15-11/h3-5,7,11-12,15H,6H2,1-2H3,(H,16,17). The fourth-order valence-electron chi connectivity index (χ4n) is 2.50. The highest BCUT2D eigenvalue weighted by Gasteiger charge is 2.35. The van der Waals surface area contributed by atoms with Gasteiger partial charge >= 0.3 is 5.97 Å². The van der Waals surface area contributed by atoms with Crippen molar-refractivity contribution in [1.29, 1.82) is 0 Å². The van der Waals surface area contributed by atoms with Crippen LogP contribution in [0.4, 0.5) is 10.1 Å². The van der Waals surface area contributed by atoms with Gasteiger partial charge in [-0.25, -0.2) is 4.39 Å². The van der Waals surface area contributed by atoms with E-state index in [0.29, 0.717) is 6.42 Å². The number of halogens is 1. The summed E-state index contributed by atoms with van der Waals surface area (Å²) in [7, 11) is 0. The molecule has 3 nitrogen and oxygen atoms in total. The van der Waals surface area contributed by atoms with Crippen molar-refractivity contribution in [3.8, 4) is 0 Å². The lowest BCUT2D eigenvalue weighted by Gasteiger charge is -2.23. The lowest BCUT2D eigenvalue weighted by molar-refractivity contribution is -0.143. The Bertz CT molecular complexity index is 445. The van der Waals surface area contributed by atoms with Crippen molar-refractivity contribution >= 4 is 11.7 Å². The molecule has 0 aromatic heterocycles. The Morgan fingerprint density at radius 3 is 2.82 bits per heavy atom. The summed E-state index contributed by atoms with van der Waals surface area (Å²) in [6.07, 6.45) is 0.572. The molecule has 0 radical (unpaired) electrons. The molecule has 0 spiro atoms. The zero-order valence-corrected chi connectivity index (χ0v) is 9.90. The maximum atomic E-state index is 13.1. The molecule has 0 saturated carbocycles. The number of anilines is 1. The van der Waals surface area contributed by atoms with Crippen LogP contribution >= 0.6 is 0 Å². The Labute approximate surface area is 99.7 Å². The van der Waals surface area contributed by atoms with Gasteiger partial charge in [-0.15, -0.1) is 0 Å². The Morgan fingerprint density at radius 1 is 1.53 bits per heavy atom. The van der Waals surface area contributed by atoms with Crippen LogP contribution in [-0.4, -0.2) is 17.1 Å². The lowest BCUT2D eigenvalue weighted by Crippen LogP contribution is -2.36. The largest absolute Gasteiger partial charge is 0.481 e. The van der Waals surface area contributed by atoms with Crippen molar-refractivity contribution in [1.82, 2.24) is 0 Å². The summed E-state index contributed by atoms with van der Waals surface area (Å²) in [5, 5.41) is 12.4. The molecule has 0 amide bonds. The number of aliphatic carboxylic acids is 1. The van der Waals surface area contributed by atoms with E-state index in [1.165, 1.54) is 12.1 Å². The number of carboxylic acids is 1. The van der Waals surface area contributed by atoms with E-state index in [1.54, 1.807) is 6.07 Å². The van der Waals surface area contributed by atoms with E-state index in [4.69, 9.17) is 0 Å². The van der Waals surface area contributed by atoms with Gasteiger partial charge in [-0.1, -0.05) is 13.8 Å². The Kier molecular flexibility index (Phi) is 3.05. The molecule has 2 atom stereocenters. The summed E-state index contributed by atoms with van der Waals surface area (Å²) in [5.41, 5.74) is 1.71. The van der Waals surface area contributed by atoms with Crippen LogP contribution < -0.4 is 5.32 Å². The maximum Gasteiger partial charge on any atom is 0.308 e. The first-order valence-corrected chi connectivity index (χ1v) is 5.77. The fourth-order valence-corrected chi connectivity index (χ4v) is 2.50. The van der Waals surface area contributed by atoms with Gasteiger partial charge in [0.1, 0.15) is 5.82 Å². The molecule has 17 heavy (non-hydrogen) atoms. The molecule has 0 aliphatic carbocycles. The number of fused-ring (bicyclic) bond motifs is 1. The van der Waals surface area contributed by atoms with Crippen LogP contribution in [0.25, 0.3) is 0 Å². The van der Waals surface area contributed by atoms with E-state index >= 15 is 0 Å². The number of hydrogen-bond donors (Lipinski definition) is 2. The molecule has 1 aliphatic rings. The molecular weight excluding hydrogens is 221 g/mol. The average Bonchev–Trinajstić information content (AvgIpc) is 2.58. The van der Waals surface area contributed by atoms with Crippen LogP contribution in [0.15, 0.2) is 18.2 Å². The van der Waals surface area contributed by atoms with Gasteiger partial charge in [-0.05, 0) is 36.1 Å². The third-order valence-corrected chi connectivity index (χ3v) is 3.28. The summed E-state index contributed by atoms with van der Waals surface area (Å²) in [5.74, 6) is -1.48. The van der Waals surface area contributed by atoms with Crippen LogP contribution in [0.2, 0.25) is 0 Å². The average molecular weight is 237 g/mol. The SMILES string of the molecule is CC(C)C(C(=O)O)C1Cc2cc(F)ccc2N1. The molecule has 0 saturated heterocycles. The minimum Gasteiger partial charge on any atom is -0.481 e. The molecule has 2 rings (SSSR count). The molecule has 4 heteroatoms. The highest BCUT2D eigenvalue weighted by molar-refractivity contribution is 5.73. The molecule has 2 unspecified atom stereocenters. The van der Waals surface area contributed by atoms with Gasteiger partial charge in [0.15, 0.2) is 0 Å². The number of hydrogen-bond acceptors (Lipinski definition) is 2. The first-order chi connectivity index (χ1) is 7.99. The molecule has 1 aromatic carbocycles. The monoisotopic (exact) mass is 237 g/mol. The highest BCUT2D eigenvalue weighted by Crippen LogP contribution is 2.32. The number of carbonyl (C=O) groups is 1. The van der Waals surface area contributed by atoms with E-state index < -0.39 is 11.9 Å². The Hall–Kier alpha value is -1.58. The lowest BCUT2D eigenvalue weighted by atomic mass is 9.87. The second kappa shape index (κ2) is 4.35. The van der Waals surface area contributed by atoms with Gasteiger partial charge in [0, 0.05) is 11.7 Å². The normalized spacial score (nSPS) is 19.9. The van der Waals surface area contributed by atoms with Gasteiger partial charge in [0.05, 0.1) is 5.92 Å². The Morgan fingerprint density at radius 2 is 2.24 bits per heavy atom. The van der Waals surface area contributed by atoms with Crippen LogP contribution in [0.5, 0.6) is 0 Å². The smallest absolute Gasteiger partial charge is 0.308 e. The Balaban J connectivity index is 2.21. The molecule has 92 valence electrons. The van der Waals surface area contributed by atoms with Gasteiger partial charge < -0.3 is 10.4 Å². The minimum atomic E-state index is -0.800. The zero-order valence-electron chi connectivity index (χ0n) is 9.90. The van der Waals surface area contributed by atoms with E-state index in [1.807, 2.05) is 13.8 Å². The number of benzene rings is 1. The fraction of sp³-hybridized carbons (Fsp3) is 0.462. The molecule has 0 fully saturated rings. The molecule has 1 aliphatic heterocycles. The molecule has 1 aromatic rings. The van der Waals surface area contributed by atoms with Crippen LogP contribution in [-0.2, 0) is 11.2 Å². The van der Waals surface area contributed by atoms with Crippen LogP contribution in [0, 0.1) is 17.7 Å². The van der Waals surface area contributed by atoms with E-state index in [0.717, 1.165) is 11.3 Å². The number of carboxylic acid groups (broad SMARTS) is 1. The van der Waals surface area contributed by atoms with Crippen molar-refractivity contribution in [2.45, 2.75) is 26.3 Å². The summed E-state index contributed by atoms with van der Waals surface area (Å²) in [6.45, 7) is 3.79. The van der Waals surface area contributed by atoms with Gasteiger partial charge in [0.2, 0.25) is 0 Å². The maximum absolute atomic E-state index is 13.1. The van der Waals surface area contributed by atoms with E-state index in [9.17, 15) is 14.3 Å². The second-order valence-corrected chi connectivity index (χ2v) is 4.86. The van der Waals surface area contributed by atoms with Crippen molar-refractivity contribution in [3.05, 3.63) is 29.6 Å². The van der Waals surface area contributed by atoms with Crippen molar-refractivity contribution in [2.24, 2.45) is 11.8 Å².